The van der Waals surface area contributed by atoms with Gasteiger partial charge in [-0.1, -0.05) is 6.92 Å². The first-order chi connectivity index (χ1) is 10.4. The van der Waals surface area contributed by atoms with Crippen LogP contribution in [-0.2, 0) is 14.3 Å². The highest BCUT2D eigenvalue weighted by Gasteiger charge is 2.40. The van der Waals surface area contributed by atoms with E-state index in [1.165, 1.54) is 25.3 Å². The van der Waals surface area contributed by atoms with Crippen LogP contribution < -0.4 is 10.1 Å². The molecule has 1 fully saturated rings. The Hall–Kier alpha value is -2.64. The lowest BCUT2D eigenvalue weighted by Gasteiger charge is -2.10. The molecule has 1 amide bonds. The molecule has 2 atom stereocenters. The van der Waals surface area contributed by atoms with E-state index in [0.29, 0.717) is 5.92 Å². The van der Waals surface area contributed by atoms with Gasteiger partial charge in [-0.2, -0.15) is 0 Å². The van der Waals surface area contributed by atoms with Gasteiger partial charge in [-0.15, -0.1) is 0 Å². The summed E-state index contributed by atoms with van der Waals surface area (Å²) in [5.41, 5.74) is 0.123. The van der Waals surface area contributed by atoms with E-state index in [-0.39, 0.29) is 29.0 Å². The molecule has 0 aliphatic heterocycles. The minimum atomic E-state index is -0.563. The van der Waals surface area contributed by atoms with E-state index in [2.05, 4.69) is 5.32 Å². The quantitative estimate of drug-likeness (QED) is 0.487. The monoisotopic (exact) mass is 308 g/mol. The Morgan fingerprint density at radius 1 is 1.45 bits per heavy atom. The first-order valence-electron chi connectivity index (χ1n) is 6.71. The predicted octanol–water partition coefficient (Wildman–Crippen LogP) is 1.74. The molecule has 22 heavy (non-hydrogen) atoms. The fourth-order valence-electron chi connectivity index (χ4n) is 1.98. The van der Waals surface area contributed by atoms with E-state index in [4.69, 9.17) is 9.47 Å². The van der Waals surface area contributed by atoms with E-state index in [1.54, 1.807) is 0 Å². The largest absolute Gasteiger partial charge is 0.494 e. The van der Waals surface area contributed by atoms with Crippen molar-refractivity contribution in [1.29, 1.82) is 0 Å². The first-order valence-corrected chi connectivity index (χ1v) is 6.71. The summed E-state index contributed by atoms with van der Waals surface area (Å²) in [6, 6.07) is 3.81. The van der Waals surface area contributed by atoms with Gasteiger partial charge in [0.25, 0.3) is 11.6 Å². The van der Waals surface area contributed by atoms with Crippen LogP contribution in [0.15, 0.2) is 18.2 Å². The number of ether oxygens (including phenoxy) is 2. The lowest BCUT2D eigenvalue weighted by molar-refractivity contribution is -0.384. The molecule has 0 spiro atoms. The molecule has 8 nitrogen and oxygen atoms in total. The van der Waals surface area contributed by atoms with Crippen LogP contribution in [0.4, 0.5) is 11.4 Å². The van der Waals surface area contributed by atoms with Gasteiger partial charge in [0.15, 0.2) is 6.61 Å². The van der Waals surface area contributed by atoms with E-state index < -0.39 is 17.4 Å². The molecule has 0 bridgehead atoms. The number of carbonyl (C=O) groups is 2. The summed E-state index contributed by atoms with van der Waals surface area (Å²) < 4.78 is 9.90. The first kappa shape index (κ1) is 15.7. The van der Waals surface area contributed by atoms with Crippen LogP contribution in [0.1, 0.15) is 13.3 Å². The van der Waals surface area contributed by atoms with E-state index in [9.17, 15) is 19.7 Å². The summed E-state index contributed by atoms with van der Waals surface area (Å²) in [5, 5.41) is 13.2. The summed E-state index contributed by atoms with van der Waals surface area (Å²) in [4.78, 5) is 33.4. The molecule has 2 rings (SSSR count). The standard InChI is InChI=1S/C14H16N2O6/c1-8-5-10(8)14(18)22-7-13(17)15-11-4-3-9(16(19)20)6-12(11)21-2/h3-4,6,8,10H,5,7H2,1-2H3,(H,15,17). The van der Waals surface area contributed by atoms with Crippen molar-refractivity contribution < 1.29 is 24.0 Å². The molecule has 1 N–H and O–H groups in total. The van der Waals surface area contributed by atoms with Crippen molar-refractivity contribution in [3.8, 4) is 5.75 Å². The molecular weight excluding hydrogens is 292 g/mol. The second-order valence-corrected chi connectivity index (χ2v) is 5.12. The third kappa shape index (κ3) is 3.72. The number of hydrogen-bond acceptors (Lipinski definition) is 6. The summed E-state index contributed by atoms with van der Waals surface area (Å²) in [5.74, 6) is -0.552. The summed E-state index contributed by atoms with van der Waals surface area (Å²) in [6.45, 7) is 1.54. The van der Waals surface area contributed by atoms with Gasteiger partial charge in [0.1, 0.15) is 5.75 Å². The number of nitrogens with one attached hydrogen (secondary N) is 1. The van der Waals surface area contributed by atoms with Crippen LogP contribution in [0.5, 0.6) is 5.75 Å². The van der Waals surface area contributed by atoms with Crippen molar-refractivity contribution >= 4 is 23.3 Å². The molecule has 0 aromatic heterocycles. The van der Waals surface area contributed by atoms with Crippen LogP contribution in [0, 0.1) is 22.0 Å². The Morgan fingerprint density at radius 3 is 2.68 bits per heavy atom. The number of esters is 1. The second-order valence-electron chi connectivity index (χ2n) is 5.12. The zero-order chi connectivity index (χ0) is 16.3. The minimum absolute atomic E-state index is 0.110. The van der Waals surface area contributed by atoms with E-state index >= 15 is 0 Å². The zero-order valence-corrected chi connectivity index (χ0v) is 12.2. The van der Waals surface area contributed by atoms with Gasteiger partial charge in [0.05, 0.1) is 29.7 Å². The molecule has 1 aliphatic rings. The molecule has 1 aromatic rings. The molecule has 8 heteroatoms. The molecule has 1 aliphatic carbocycles. The highest BCUT2D eigenvalue weighted by Crippen LogP contribution is 2.38. The number of benzene rings is 1. The average Bonchev–Trinajstić information content (AvgIpc) is 3.22. The molecule has 118 valence electrons. The predicted molar refractivity (Wildman–Crippen MR) is 76.5 cm³/mol. The Kier molecular flexibility index (Phi) is 4.59. The molecule has 2 unspecified atom stereocenters. The molecule has 0 saturated heterocycles. The maximum absolute atomic E-state index is 11.8. The highest BCUT2D eigenvalue weighted by atomic mass is 16.6. The number of nitro benzene ring substituents is 1. The summed E-state index contributed by atoms with van der Waals surface area (Å²) in [7, 11) is 1.34. The molecule has 0 heterocycles. The Bertz CT molecular complexity index is 615. The number of nitrogens with zero attached hydrogens (tertiary/aromatic N) is 1. The van der Waals surface area contributed by atoms with Crippen LogP contribution in [-0.4, -0.2) is 30.5 Å². The van der Waals surface area contributed by atoms with E-state index in [1.807, 2.05) is 6.92 Å². The van der Waals surface area contributed by atoms with Gasteiger partial charge >= 0.3 is 5.97 Å². The van der Waals surface area contributed by atoms with Crippen LogP contribution in [0.3, 0.4) is 0 Å². The number of non-ortho nitro benzene ring substituents is 1. The number of nitro groups is 1. The van der Waals surface area contributed by atoms with Gasteiger partial charge in [-0.05, 0) is 18.4 Å². The fraction of sp³-hybridized carbons (Fsp3) is 0.429. The van der Waals surface area contributed by atoms with Crippen molar-refractivity contribution in [3.63, 3.8) is 0 Å². The SMILES string of the molecule is COc1cc([N+](=O)[O-])ccc1NC(=O)COC(=O)C1CC1C. The third-order valence-corrected chi connectivity index (χ3v) is 3.43. The minimum Gasteiger partial charge on any atom is -0.494 e. The Labute approximate surface area is 126 Å². The molecule has 0 radical (unpaired) electrons. The summed E-state index contributed by atoms with van der Waals surface area (Å²) in [6.07, 6.45) is 0.788. The fourth-order valence-corrected chi connectivity index (χ4v) is 1.98. The van der Waals surface area contributed by atoms with Crippen LogP contribution in [0.2, 0.25) is 0 Å². The van der Waals surface area contributed by atoms with Gasteiger partial charge in [0.2, 0.25) is 0 Å². The normalized spacial score (nSPS) is 19.2. The van der Waals surface area contributed by atoms with Crippen LogP contribution in [0.25, 0.3) is 0 Å². The van der Waals surface area contributed by atoms with Crippen molar-refractivity contribution in [1.82, 2.24) is 0 Å². The van der Waals surface area contributed by atoms with Crippen molar-refractivity contribution in [3.05, 3.63) is 28.3 Å². The van der Waals surface area contributed by atoms with Gasteiger partial charge in [-0.3, -0.25) is 19.7 Å². The second kappa shape index (κ2) is 6.42. The topological polar surface area (TPSA) is 108 Å². The van der Waals surface area contributed by atoms with Crippen molar-refractivity contribution in [2.75, 3.05) is 19.0 Å². The number of hydrogen-bond donors (Lipinski definition) is 1. The smallest absolute Gasteiger partial charge is 0.309 e. The maximum Gasteiger partial charge on any atom is 0.309 e. The highest BCUT2D eigenvalue weighted by molar-refractivity contribution is 5.94. The molecular formula is C14H16N2O6. The lowest BCUT2D eigenvalue weighted by atomic mass is 10.2. The van der Waals surface area contributed by atoms with Gasteiger partial charge in [0, 0.05) is 6.07 Å². The van der Waals surface area contributed by atoms with E-state index in [0.717, 1.165) is 6.42 Å². The Balaban J connectivity index is 1.93. The number of carbonyl (C=O) groups excluding carboxylic acids is 2. The van der Waals surface area contributed by atoms with Crippen molar-refractivity contribution in [2.45, 2.75) is 13.3 Å². The number of methoxy groups -OCH3 is 1. The van der Waals surface area contributed by atoms with Crippen LogP contribution >= 0.6 is 0 Å². The lowest BCUT2D eigenvalue weighted by Crippen LogP contribution is -2.22. The third-order valence-electron chi connectivity index (χ3n) is 3.43. The maximum atomic E-state index is 11.8. The molecule has 1 saturated carbocycles. The number of amides is 1. The van der Waals surface area contributed by atoms with Gasteiger partial charge < -0.3 is 14.8 Å². The summed E-state index contributed by atoms with van der Waals surface area (Å²) >= 11 is 0. The Morgan fingerprint density at radius 2 is 2.14 bits per heavy atom. The molecule has 1 aromatic carbocycles. The number of rotatable bonds is 6. The van der Waals surface area contributed by atoms with Gasteiger partial charge in [-0.25, -0.2) is 0 Å². The number of anilines is 1. The average molecular weight is 308 g/mol. The zero-order valence-electron chi connectivity index (χ0n) is 12.2. The van der Waals surface area contributed by atoms with Crippen molar-refractivity contribution in [2.24, 2.45) is 11.8 Å².